The molecular formula is C13H14N2O4. The predicted molar refractivity (Wildman–Crippen MR) is 68.2 cm³/mol. The van der Waals surface area contributed by atoms with Crippen LogP contribution in [0.1, 0.15) is 6.92 Å². The van der Waals surface area contributed by atoms with Gasteiger partial charge in [-0.05, 0) is 31.2 Å². The number of carbonyl (C=O) groups excluding carboxylic acids is 1. The number of methoxy groups -OCH3 is 1. The second-order valence-corrected chi connectivity index (χ2v) is 3.81. The van der Waals surface area contributed by atoms with Crippen LogP contribution in [0.4, 0.5) is 5.82 Å². The molecule has 100 valence electrons. The van der Waals surface area contributed by atoms with Crippen LogP contribution in [-0.2, 0) is 4.79 Å². The minimum absolute atomic E-state index is 0.301. The Bertz CT molecular complexity index is 522. The van der Waals surface area contributed by atoms with Crippen molar-refractivity contribution in [2.45, 2.75) is 13.0 Å². The summed E-state index contributed by atoms with van der Waals surface area (Å²) >= 11 is 0. The summed E-state index contributed by atoms with van der Waals surface area (Å²) in [7, 11) is 1.59. The SMILES string of the molecule is COc1ccc(OC(C)C(=O)Nc2ccon2)cc1. The molecule has 0 saturated carbocycles. The number of ether oxygens (including phenoxy) is 2. The Morgan fingerprint density at radius 2 is 1.95 bits per heavy atom. The number of anilines is 1. The molecule has 6 heteroatoms. The zero-order valence-electron chi connectivity index (χ0n) is 10.6. The van der Waals surface area contributed by atoms with Gasteiger partial charge in [-0.1, -0.05) is 5.16 Å². The molecule has 0 radical (unpaired) electrons. The quantitative estimate of drug-likeness (QED) is 0.893. The Balaban J connectivity index is 1.92. The van der Waals surface area contributed by atoms with Crippen molar-refractivity contribution in [1.29, 1.82) is 0 Å². The van der Waals surface area contributed by atoms with Gasteiger partial charge in [0.2, 0.25) is 0 Å². The molecule has 2 rings (SSSR count). The van der Waals surface area contributed by atoms with Gasteiger partial charge in [-0.3, -0.25) is 4.79 Å². The first-order chi connectivity index (χ1) is 9.19. The Kier molecular flexibility index (Phi) is 4.02. The van der Waals surface area contributed by atoms with E-state index >= 15 is 0 Å². The molecule has 0 aliphatic carbocycles. The Hall–Kier alpha value is -2.50. The first-order valence-electron chi connectivity index (χ1n) is 5.71. The molecule has 0 aliphatic heterocycles. The highest BCUT2D eigenvalue weighted by molar-refractivity contribution is 5.93. The molecule has 19 heavy (non-hydrogen) atoms. The van der Waals surface area contributed by atoms with Crippen molar-refractivity contribution in [3.8, 4) is 11.5 Å². The van der Waals surface area contributed by atoms with E-state index < -0.39 is 6.10 Å². The smallest absolute Gasteiger partial charge is 0.266 e. The third kappa shape index (κ3) is 3.48. The molecule has 1 unspecified atom stereocenters. The Labute approximate surface area is 110 Å². The lowest BCUT2D eigenvalue weighted by Crippen LogP contribution is -2.30. The van der Waals surface area contributed by atoms with Crippen molar-refractivity contribution in [2.24, 2.45) is 0 Å². The van der Waals surface area contributed by atoms with Crippen molar-refractivity contribution in [2.75, 3.05) is 12.4 Å². The van der Waals surface area contributed by atoms with Crippen LogP contribution in [0, 0.1) is 0 Å². The highest BCUT2D eigenvalue weighted by atomic mass is 16.5. The summed E-state index contributed by atoms with van der Waals surface area (Å²) in [4.78, 5) is 11.8. The number of nitrogens with zero attached hydrogens (tertiary/aromatic N) is 1. The van der Waals surface area contributed by atoms with Gasteiger partial charge in [0.1, 0.15) is 17.8 Å². The fraction of sp³-hybridized carbons (Fsp3) is 0.231. The van der Waals surface area contributed by atoms with Gasteiger partial charge in [-0.15, -0.1) is 0 Å². The van der Waals surface area contributed by atoms with Crippen molar-refractivity contribution >= 4 is 11.7 Å². The summed E-state index contributed by atoms with van der Waals surface area (Å²) in [5.74, 6) is 1.37. The van der Waals surface area contributed by atoms with Crippen molar-refractivity contribution in [1.82, 2.24) is 5.16 Å². The van der Waals surface area contributed by atoms with Gasteiger partial charge in [0.25, 0.3) is 5.91 Å². The normalized spacial score (nSPS) is 11.7. The van der Waals surface area contributed by atoms with Crippen LogP contribution in [-0.4, -0.2) is 24.3 Å². The van der Waals surface area contributed by atoms with E-state index in [1.54, 1.807) is 44.4 Å². The zero-order chi connectivity index (χ0) is 13.7. The van der Waals surface area contributed by atoms with E-state index in [-0.39, 0.29) is 5.91 Å². The standard InChI is InChI=1S/C13H14N2O4/c1-9(13(16)14-12-7-8-18-15-12)19-11-5-3-10(17-2)4-6-11/h3-9H,1-2H3,(H,14,15,16). The molecule has 2 aromatic rings. The number of nitrogens with one attached hydrogen (secondary N) is 1. The second kappa shape index (κ2) is 5.90. The Morgan fingerprint density at radius 3 is 2.53 bits per heavy atom. The monoisotopic (exact) mass is 262 g/mol. The van der Waals surface area contributed by atoms with Gasteiger partial charge in [-0.25, -0.2) is 0 Å². The first kappa shape index (κ1) is 12.9. The second-order valence-electron chi connectivity index (χ2n) is 3.81. The fourth-order valence-corrected chi connectivity index (χ4v) is 1.42. The molecule has 1 N–H and O–H groups in total. The number of rotatable bonds is 5. The van der Waals surface area contributed by atoms with Crippen molar-refractivity contribution in [3.63, 3.8) is 0 Å². The summed E-state index contributed by atoms with van der Waals surface area (Å²) in [6.07, 6.45) is 0.732. The average Bonchev–Trinajstić information content (AvgIpc) is 2.92. The van der Waals surface area contributed by atoms with Crippen LogP contribution in [0.3, 0.4) is 0 Å². The van der Waals surface area contributed by atoms with Crippen LogP contribution in [0.25, 0.3) is 0 Å². The zero-order valence-corrected chi connectivity index (χ0v) is 10.6. The summed E-state index contributed by atoms with van der Waals surface area (Å²) in [6.45, 7) is 1.65. The minimum atomic E-state index is -0.648. The van der Waals surface area contributed by atoms with Crippen molar-refractivity contribution in [3.05, 3.63) is 36.6 Å². The number of aromatic nitrogens is 1. The average molecular weight is 262 g/mol. The van der Waals surface area contributed by atoms with Crippen LogP contribution in [0.2, 0.25) is 0 Å². The van der Waals surface area contributed by atoms with Crippen LogP contribution in [0.15, 0.2) is 41.1 Å². The fourth-order valence-electron chi connectivity index (χ4n) is 1.42. The summed E-state index contributed by atoms with van der Waals surface area (Å²) in [5, 5.41) is 6.16. The molecule has 1 aromatic carbocycles. The number of hydrogen-bond acceptors (Lipinski definition) is 5. The Morgan fingerprint density at radius 1 is 1.26 bits per heavy atom. The van der Waals surface area contributed by atoms with E-state index in [9.17, 15) is 4.79 Å². The molecule has 1 heterocycles. The highest BCUT2D eigenvalue weighted by Crippen LogP contribution is 2.18. The molecule has 0 saturated heterocycles. The van der Waals surface area contributed by atoms with Gasteiger partial charge in [0.05, 0.1) is 7.11 Å². The van der Waals surface area contributed by atoms with Crippen LogP contribution >= 0.6 is 0 Å². The molecule has 0 fully saturated rings. The first-order valence-corrected chi connectivity index (χ1v) is 5.71. The number of hydrogen-bond donors (Lipinski definition) is 1. The van der Waals surface area contributed by atoms with Gasteiger partial charge in [0.15, 0.2) is 11.9 Å². The summed E-state index contributed by atoms with van der Waals surface area (Å²) in [5.41, 5.74) is 0. The molecule has 1 atom stereocenters. The molecular weight excluding hydrogens is 248 g/mol. The molecule has 1 amide bonds. The van der Waals surface area contributed by atoms with E-state index in [4.69, 9.17) is 9.47 Å². The molecule has 0 bridgehead atoms. The van der Waals surface area contributed by atoms with E-state index in [1.807, 2.05) is 0 Å². The van der Waals surface area contributed by atoms with Crippen LogP contribution < -0.4 is 14.8 Å². The maximum Gasteiger partial charge on any atom is 0.266 e. The van der Waals surface area contributed by atoms with E-state index in [0.29, 0.717) is 11.6 Å². The largest absolute Gasteiger partial charge is 0.497 e. The van der Waals surface area contributed by atoms with E-state index in [0.717, 1.165) is 5.75 Å². The third-order valence-electron chi connectivity index (χ3n) is 2.43. The summed E-state index contributed by atoms with van der Waals surface area (Å²) in [6, 6.07) is 8.55. The van der Waals surface area contributed by atoms with Gasteiger partial charge in [-0.2, -0.15) is 0 Å². The number of benzene rings is 1. The lowest BCUT2D eigenvalue weighted by atomic mass is 10.3. The van der Waals surface area contributed by atoms with Crippen LogP contribution in [0.5, 0.6) is 11.5 Å². The molecule has 1 aromatic heterocycles. The summed E-state index contributed by atoms with van der Waals surface area (Å²) < 4.78 is 15.2. The minimum Gasteiger partial charge on any atom is -0.497 e. The topological polar surface area (TPSA) is 73.6 Å². The number of amides is 1. The third-order valence-corrected chi connectivity index (χ3v) is 2.43. The van der Waals surface area contributed by atoms with Crippen molar-refractivity contribution < 1.29 is 18.8 Å². The molecule has 6 nitrogen and oxygen atoms in total. The van der Waals surface area contributed by atoms with E-state index in [1.165, 1.54) is 6.26 Å². The lowest BCUT2D eigenvalue weighted by Gasteiger charge is -2.13. The van der Waals surface area contributed by atoms with Gasteiger partial charge in [0, 0.05) is 6.07 Å². The number of carbonyl (C=O) groups is 1. The lowest BCUT2D eigenvalue weighted by molar-refractivity contribution is -0.122. The highest BCUT2D eigenvalue weighted by Gasteiger charge is 2.15. The molecule has 0 aliphatic rings. The maximum absolute atomic E-state index is 11.8. The van der Waals surface area contributed by atoms with Gasteiger partial charge < -0.3 is 19.3 Å². The predicted octanol–water partition coefficient (Wildman–Crippen LogP) is 2.09. The van der Waals surface area contributed by atoms with E-state index in [2.05, 4.69) is 15.0 Å². The van der Waals surface area contributed by atoms with Gasteiger partial charge >= 0.3 is 0 Å². The maximum atomic E-state index is 11.8. The molecule has 0 spiro atoms.